The van der Waals surface area contributed by atoms with Crippen LogP contribution in [0.4, 0.5) is 0 Å². The largest absolute Gasteiger partial charge is 0.420 e. The summed E-state index contributed by atoms with van der Waals surface area (Å²) in [6.07, 6.45) is 0. The molecule has 1 aromatic heterocycles. The highest BCUT2D eigenvalue weighted by atomic mass is 35.5. The molecular formula is C19H20ClN3O3. The molecule has 1 atom stereocenters. The van der Waals surface area contributed by atoms with Crippen LogP contribution in [0.15, 0.2) is 57.7 Å². The van der Waals surface area contributed by atoms with Crippen molar-refractivity contribution in [3.05, 3.63) is 69.7 Å². The van der Waals surface area contributed by atoms with Crippen LogP contribution in [0.2, 0.25) is 5.02 Å². The summed E-state index contributed by atoms with van der Waals surface area (Å²) in [5.41, 5.74) is 2.00. The van der Waals surface area contributed by atoms with Gasteiger partial charge in [-0.15, -0.1) is 0 Å². The number of nitrogens with one attached hydrogen (secondary N) is 1. The summed E-state index contributed by atoms with van der Waals surface area (Å²) < 4.78 is 6.47. The Morgan fingerprint density at radius 1 is 1.19 bits per heavy atom. The first-order valence-corrected chi connectivity index (χ1v) is 8.61. The third-order valence-electron chi connectivity index (χ3n) is 4.26. The summed E-state index contributed by atoms with van der Waals surface area (Å²) in [4.78, 5) is 26.3. The summed E-state index contributed by atoms with van der Waals surface area (Å²) in [5, 5.41) is 3.53. The van der Waals surface area contributed by atoms with Crippen molar-refractivity contribution >= 4 is 28.6 Å². The average molecular weight is 374 g/mol. The normalized spacial score (nSPS) is 12.5. The third kappa shape index (κ3) is 3.81. The van der Waals surface area contributed by atoms with Crippen molar-refractivity contribution in [2.75, 3.05) is 20.6 Å². The quantitative estimate of drug-likeness (QED) is 0.721. The SMILES string of the molecule is CN(C)C(CNC(=O)Cn1c(=O)oc2ccccc21)c1ccccc1Cl. The first-order chi connectivity index (χ1) is 12.5. The van der Waals surface area contributed by atoms with E-state index in [-0.39, 0.29) is 18.5 Å². The molecule has 0 radical (unpaired) electrons. The summed E-state index contributed by atoms with van der Waals surface area (Å²) in [6, 6.07) is 14.5. The molecule has 0 fully saturated rings. The molecule has 0 aliphatic rings. The minimum Gasteiger partial charge on any atom is -0.408 e. The van der Waals surface area contributed by atoms with Crippen LogP contribution in [0.25, 0.3) is 11.1 Å². The Balaban J connectivity index is 1.72. The number of halogens is 1. The standard InChI is InChI=1S/C19H20ClN3O3/c1-22(2)16(13-7-3-4-8-14(13)20)11-21-18(24)12-23-15-9-5-6-10-17(15)26-19(23)25/h3-10,16H,11-12H2,1-2H3,(H,21,24). The minimum absolute atomic E-state index is 0.0783. The van der Waals surface area contributed by atoms with Crippen molar-refractivity contribution in [2.45, 2.75) is 12.6 Å². The molecule has 2 aromatic carbocycles. The number of amides is 1. The lowest BCUT2D eigenvalue weighted by Crippen LogP contribution is -2.37. The van der Waals surface area contributed by atoms with Crippen molar-refractivity contribution in [1.29, 1.82) is 0 Å². The number of hydrogen-bond donors (Lipinski definition) is 1. The molecule has 1 N–H and O–H groups in total. The number of hydrogen-bond acceptors (Lipinski definition) is 4. The Labute approximate surface area is 156 Å². The smallest absolute Gasteiger partial charge is 0.408 e. The van der Waals surface area contributed by atoms with Crippen LogP contribution in [0.3, 0.4) is 0 Å². The van der Waals surface area contributed by atoms with Gasteiger partial charge in [-0.05, 0) is 37.9 Å². The molecule has 1 amide bonds. The zero-order chi connectivity index (χ0) is 18.7. The van der Waals surface area contributed by atoms with Gasteiger partial charge in [-0.2, -0.15) is 0 Å². The molecule has 0 saturated carbocycles. The number of aromatic nitrogens is 1. The van der Waals surface area contributed by atoms with Crippen molar-refractivity contribution < 1.29 is 9.21 Å². The van der Waals surface area contributed by atoms with Gasteiger partial charge in [0.15, 0.2) is 5.58 Å². The van der Waals surface area contributed by atoms with Gasteiger partial charge in [-0.1, -0.05) is 41.9 Å². The van der Waals surface area contributed by atoms with E-state index in [4.69, 9.17) is 16.0 Å². The molecule has 3 aromatic rings. The van der Waals surface area contributed by atoms with E-state index in [1.54, 1.807) is 24.3 Å². The first-order valence-electron chi connectivity index (χ1n) is 8.23. The molecule has 6 nitrogen and oxygen atoms in total. The van der Waals surface area contributed by atoms with E-state index in [9.17, 15) is 9.59 Å². The van der Waals surface area contributed by atoms with Gasteiger partial charge in [-0.3, -0.25) is 9.36 Å². The van der Waals surface area contributed by atoms with Gasteiger partial charge in [0.05, 0.1) is 11.6 Å². The minimum atomic E-state index is -0.545. The summed E-state index contributed by atoms with van der Waals surface area (Å²) in [7, 11) is 3.85. The van der Waals surface area contributed by atoms with Gasteiger partial charge in [-0.25, -0.2) is 4.79 Å². The Morgan fingerprint density at radius 2 is 1.88 bits per heavy atom. The lowest BCUT2D eigenvalue weighted by molar-refractivity contribution is -0.121. The van der Waals surface area contributed by atoms with Crippen molar-refractivity contribution in [1.82, 2.24) is 14.8 Å². The maximum absolute atomic E-state index is 12.4. The van der Waals surface area contributed by atoms with Crippen LogP contribution in [-0.4, -0.2) is 36.0 Å². The number of para-hydroxylation sites is 2. The monoisotopic (exact) mass is 373 g/mol. The fourth-order valence-electron chi connectivity index (χ4n) is 2.89. The highest BCUT2D eigenvalue weighted by Gasteiger charge is 2.19. The van der Waals surface area contributed by atoms with E-state index >= 15 is 0 Å². The van der Waals surface area contributed by atoms with E-state index < -0.39 is 5.76 Å². The van der Waals surface area contributed by atoms with Gasteiger partial charge in [0.2, 0.25) is 5.91 Å². The molecule has 7 heteroatoms. The van der Waals surface area contributed by atoms with Crippen molar-refractivity contribution in [2.24, 2.45) is 0 Å². The van der Waals surface area contributed by atoms with Gasteiger partial charge in [0.25, 0.3) is 0 Å². The van der Waals surface area contributed by atoms with Crippen LogP contribution in [0.1, 0.15) is 11.6 Å². The maximum atomic E-state index is 12.4. The first kappa shape index (κ1) is 18.2. The molecule has 3 rings (SSSR count). The zero-order valence-electron chi connectivity index (χ0n) is 14.6. The molecule has 26 heavy (non-hydrogen) atoms. The second-order valence-corrected chi connectivity index (χ2v) is 6.63. The number of nitrogens with zero attached hydrogens (tertiary/aromatic N) is 2. The Morgan fingerprint density at radius 3 is 2.62 bits per heavy atom. The second kappa shape index (κ2) is 7.76. The van der Waals surface area contributed by atoms with Crippen molar-refractivity contribution in [3.63, 3.8) is 0 Å². The highest BCUT2D eigenvalue weighted by molar-refractivity contribution is 6.31. The van der Waals surface area contributed by atoms with Crippen LogP contribution < -0.4 is 11.1 Å². The molecule has 0 aliphatic heterocycles. The van der Waals surface area contributed by atoms with E-state index in [0.29, 0.717) is 22.7 Å². The van der Waals surface area contributed by atoms with E-state index in [0.717, 1.165) is 5.56 Å². The molecule has 0 saturated heterocycles. The highest BCUT2D eigenvalue weighted by Crippen LogP contribution is 2.25. The predicted octanol–water partition coefficient (Wildman–Crippen LogP) is 2.67. The summed E-state index contributed by atoms with van der Waals surface area (Å²) >= 11 is 6.28. The second-order valence-electron chi connectivity index (χ2n) is 6.23. The molecule has 0 aliphatic carbocycles. The van der Waals surface area contributed by atoms with Crippen LogP contribution in [0.5, 0.6) is 0 Å². The fraction of sp³-hybridized carbons (Fsp3) is 0.263. The number of benzene rings is 2. The number of oxazole rings is 1. The summed E-state index contributed by atoms with van der Waals surface area (Å²) in [5.74, 6) is -0.811. The molecule has 1 heterocycles. The van der Waals surface area contributed by atoms with E-state index in [1.807, 2.05) is 43.3 Å². The Hall–Kier alpha value is -2.57. The van der Waals surface area contributed by atoms with E-state index in [1.165, 1.54) is 4.57 Å². The fourth-order valence-corrected chi connectivity index (χ4v) is 3.15. The number of carbonyl (C=O) groups excluding carboxylic acids is 1. The van der Waals surface area contributed by atoms with Crippen molar-refractivity contribution in [3.8, 4) is 0 Å². The molecule has 136 valence electrons. The van der Waals surface area contributed by atoms with E-state index in [2.05, 4.69) is 5.32 Å². The Kier molecular flexibility index (Phi) is 5.44. The lowest BCUT2D eigenvalue weighted by Gasteiger charge is -2.26. The molecule has 0 bridgehead atoms. The van der Waals surface area contributed by atoms with Gasteiger partial charge in [0.1, 0.15) is 6.54 Å². The summed E-state index contributed by atoms with van der Waals surface area (Å²) in [6.45, 7) is 0.276. The number of fused-ring (bicyclic) bond motifs is 1. The van der Waals surface area contributed by atoms with Gasteiger partial charge >= 0.3 is 5.76 Å². The molecule has 0 spiro atoms. The lowest BCUT2D eigenvalue weighted by atomic mass is 10.1. The predicted molar refractivity (Wildman–Crippen MR) is 101 cm³/mol. The van der Waals surface area contributed by atoms with Crippen LogP contribution in [-0.2, 0) is 11.3 Å². The van der Waals surface area contributed by atoms with Crippen LogP contribution >= 0.6 is 11.6 Å². The Bertz CT molecular complexity index is 977. The van der Waals surface area contributed by atoms with Gasteiger partial charge in [0, 0.05) is 11.6 Å². The molecule has 1 unspecified atom stereocenters. The number of rotatable bonds is 6. The third-order valence-corrected chi connectivity index (χ3v) is 4.60. The number of likely N-dealkylation sites (N-methyl/N-ethyl adjacent to an activating group) is 1. The topological polar surface area (TPSA) is 67.5 Å². The van der Waals surface area contributed by atoms with Crippen LogP contribution in [0, 0.1) is 0 Å². The zero-order valence-corrected chi connectivity index (χ0v) is 15.4. The number of carbonyl (C=O) groups is 1. The van der Waals surface area contributed by atoms with Gasteiger partial charge < -0.3 is 14.6 Å². The maximum Gasteiger partial charge on any atom is 0.420 e. The molecular weight excluding hydrogens is 354 g/mol. The average Bonchev–Trinajstić information content (AvgIpc) is 2.92.